The van der Waals surface area contributed by atoms with Gasteiger partial charge in [0.2, 0.25) is 0 Å². The molecule has 0 aromatic heterocycles. The molecule has 1 saturated heterocycles. The van der Waals surface area contributed by atoms with Crippen LogP contribution in [0.5, 0.6) is 0 Å². The molecule has 2 rings (SSSR count). The summed E-state index contributed by atoms with van der Waals surface area (Å²) in [5.74, 6) is 0.0825. The molecular weight excluding hydrogens is 216 g/mol. The zero-order valence-electron chi connectivity index (χ0n) is 9.89. The smallest absolute Gasteiger partial charge is 0.253 e. The molecule has 0 saturated carbocycles. The standard InChI is InChI=1S/C13H18N2O2/c14-10-11-2-4-12(5-3-11)13(16)15-6-1-8-17-9-7-15/h2-5H,1,6-10,14H2. The Balaban J connectivity index is 2.06. The third-order valence-corrected chi connectivity index (χ3v) is 2.95. The van der Waals surface area contributed by atoms with Crippen molar-refractivity contribution in [2.75, 3.05) is 26.3 Å². The maximum Gasteiger partial charge on any atom is 0.253 e. The number of carbonyl (C=O) groups is 1. The van der Waals surface area contributed by atoms with Crippen LogP contribution >= 0.6 is 0 Å². The Morgan fingerprint density at radius 2 is 2.00 bits per heavy atom. The van der Waals surface area contributed by atoms with Gasteiger partial charge in [-0.2, -0.15) is 0 Å². The van der Waals surface area contributed by atoms with Crippen molar-refractivity contribution < 1.29 is 9.53 Å². The molecule has 1 aromatic carbocycles. The first-order chi connectivity index (χ1) is 8.31. The third kappa shape index (κ3) is 3.05. The van der Waals surface area contributed by atoms with Crippen molar-refractivity contribution in [1.82, 2.24) is 4.90 Å². The van der Waals surface area contributed by atoms with Crippen LogP contribution in [0.3, 0.4) is 0 Å². The van der Waals surface area contributed by atoms with E-state index in [1.54, 1.807) is 0 Å². The minimum Gasteiger partial charge on any atom is -0.380 e. The molecule has 0 bridgehead atoms. The van der Waals surface area contributed by atoms with Gasteiger partial charge in [0.1, 0.15) is 0 Å². The average molecular weight is 234 g/mol. The number of rotatable bonds is 2. The minimum atomic E-state index is 0.0825. The van der Waals surface area contributed by atoms with Gasteiger partial charge in [-0.05, 0) is 24.1 Å². The second kappa shape index (κ2) is 5.80. The van der Waals surface area contributed by atoms with Gasteiger partial charge in [0.25, 0.3) is 5.91 Å². The van der Waals surface area contributed by atoms with E-state index < -0.39 is 0 Å². The molecule has 1 aliphatic rings. The van der Waals surface area contributed by atoms with Crippen molar-refractivity contribution in [2.24, 2.45) is 5.73 Å². The van der Waals surface area contributed by atoms with E-state index in [1.165, 1.54) is 0 Å². The SMILES string of the molecule is NCc1ccc(C(=O)N2CCCOCC2)cc1. The number of nitrogens with zero attached hydrogens (tertiary/aromatic N) is 1. The first-order valence-electron chi connectivity index (χ1n) is 5.97. The zero-order chi connectivity index (χ0) is 12.1. The van der Waals surface area contributed by atoms with Gasteiger partial charge in [-0.25, -0.2) is 0 Å². The van der Waals surface area contributed by atoms with Crippen molar-refractivity contribution in [3.8, 4) is 0 Å². The van der Waals surface area contributed by atoms with Gasteiger partial charge in [0.05, 0.1) is 6.61 Å². The molecule has 1 aliphatic heterocycles. The quantitative estimate of drug-likeness (QED) is 0.830. The Morgan fingerprint density at radius 1 is 1.24 bits per heavy atom. The van der Waals surface area contributed by atoms with E-state index in [4.69, 9.17) is 10.5 Å². The number of benzene rings is 1. The molecule has 1 amide bonds. The molecule has 0 spiro atoms. The molecule has 0 aliphatic carbocycles. The van der Waals surface area contributed by atoms with Crippen LogP contribution < -0.4 is 5.73 Å². The van der Waals surface area contributed by atoms with E-state index >= 15 is 0 Å². The normalized spacial score (nSPS) is 16.6. The maximum absolute atomic E-state index is 12.2. The average Bonchev–Trinajstić information content (AvgIpc) is 2.67. The molecule has 0 radical (unpaired) electrons. The lowest BCUT2D eigenvalue weighted by atomic mass is 10.1. The summed E-state index contributed by atoms with van der Waals surface area (Å²) in [5, 5.41) is 0. The van der Waals surface area contributed by atoms with Crippen molar-refractivity contribution in [3.63, 3.8) is 0 Å². The van der Waals surface area contributed by atoms with Crippen LogP contribution in [0.1, 0.15) is 22.3 Å². The molecule has 1 fully saturated rings. The topological polar surface area (TPSA) is 55.6 Å². The third-order valence-electron chi connectivity index (χ3n) is 2.95. The van der Waals surface area contributed by atoms with Gasteiger partial charge in [-0.1, -0.05) is 12.1 Å². The summed E-state index contributed by atoms with van der Waals surface area (Å²) in [6.45, 7) is 3.34. The number of hydrogen-bond acceptors (Lipinski definition) is 3. The summed E-state index contributed by atoms with van der Waals surface area (Å²) in [5.41, 5.74) is 7.30. The maximum atomic E-state index is 12.2. The highest BCUT2D eigenvalue weighted by Crippen LogP contribution is 2.09. The second-order valence-electron chi connectivity index (χ2n) is 4.16. The first kappa shape index (κ1) is 12.1. The van der Waals surface area contributed by atoms with Gasteiger partial charge in [0.15, 0.2) is 0 Å². The van der Waals surface area contributed by atoms with Crippen molar-refractivity contribution >= 4 is 5.91 Å². The van der Waals surface area contributed by atoms with Gasteiger partial charge in [0, 0.05) is 31.8 Å². The number of carbonyl (C=O) groups excluding carboxylic acids is 1. The Labute approximate surface area is 101 Å². The molecule has 92 valence electrons. The predicted molar refractivity (Wildman–Crippen MR) is 65.7 cm³/mol. The van der Waals surface area contributed by atoms with Crippen molar-refractivity contribution in [3.05, 3.63) is 35.4 Å². The van der Waals surface area contributed by atoms with E-state index in [2.05, 4.69) is 0 Å². The highest BCUT2D eigenvalue weighted by molar-refractivity contribution is 5.94. The lowest BCUT2D eigenvalue weighted by Crippen LogP contribution is -2.33. The Morgan fingerprint density at radius 3 is 2.71 bits per heavy atom. The molecule has 4 heteroatoms. The lowest BCUT2D eigenvalue weighted by Gasteiger charge is -2.19. The fourth-order valence-corrected chi connectivity index (χ4v) is 1.92. The van der Waals surface area contributed by atoms with Crippen LogP contribution in [0.15, 0.2) is 24.3 Å². The number of amides is 1. The van der Waals surface area contributed by atoms with Crippen molar-refractivity contribution in [2.45, 2.75) is 13.0 Å². The van der Waals surface area contributed by atoms with Gasteiger partial charge in [-0.3, -0.25) is 4.79 Å². The van der Waals surface area contributed by atoms with Crippen molar-refractivity contribution in [1.29, 1.82) is 0 Å². The van der Waals surface area contributed by atoms with Gasteiger partial charge in [-0.15, -0.1) is 0 Å². The largest absolute Gasteiger partial charge is 0.380 e. The fraction of sp³-hybridized carbons (Fsp3) is 0.462. The molecule has 17 heavy (non-hydrogen) atoms. The summed E-state index contributed by atoms with van der Waals surface area (Å²) < 4.78 is 5.34. The molecule has 2 N–H and O–H groups in total. The summed E-state index contributed by atoms with van der Waals surface area (Å²) in [7, 11) is 0. The lowest BCUT2D eigenvalue weighted by molar-refractivity contribution is 0.0741. The van der Waals surface area contributed by atoms with Crippen LogP contribution in [0.4, 0.5) is 0 Å². The second-order valence-corrected chi connectivity index (χ2v) is 4.16. The molecular formula is C13H18N2O2. The molecule has 0 atom stereocenters. The first-order valence-corrected chi connectivity index (χ1v) is 5.97. The van der Waals surface area contributed by atoms with E-state index in [1.807, 2.05) is 29.2 Å². The van der Waals surface area contributed by atoms with Crippen LogP contribution in [0.2, 0.25) is 0 Å². The molecule has 0 unspecified atom stereocenters. The van der Waals surface area contributed by atoms with E-state index in [-0.39, 0.29) is 5.91 Å². The summed E-state index contributed by atoms with van der Waals surface area (Å²) in [6, 6.07) is 7.50. The van der Waals surface area contributed by atoms with E-state index in [0.717, 1.165) is 30.7 Å². The highest BCUT2D eigenvalue weighted by atomic mass is 16.5. The Kier molecular flexibility index (Phi) is 4.12. The van der Waals surface area contributed by atoms with E-state index in [9.17, 15) is 4.79 Å². The predicted octanol–water partition coefficient (Wildman–Crippen LogP) is 1.01. The van der Waals surface area contributed by atoms with E-state index in [0.29, 0.717) is 19.7 Å². The Bertz CT molecular complexity index is 368. The highest BCUT2D eigenvalue weighted by Gasteiger charge is 2.16. The van der Waals surface area contributed by atoms with Crippen LogP contribution in [-0.4, -0.2) is 37.1 Å². The van der Waals surface area contributed by atoms with Gasteiger partial charge < -0.3 is 15.4 Å². The fourth-order valence-electron chi connectivity index (χ4n) is 1.92. The van der Waals surface area contributed by atoms with Crippen LogP contribution in [0, 0.1) is 0 Å². The minimum absolute atomic E-state index is 0.0825. The van der Waals surface area contributed by atoms with Crippen LogP contribution in [0.25, 0.3) is 0 Å². The Hall–Kier alpha value is -1.39. The number of ether oxygens (including phenoxy) is 1. The summed E-state index contributed by atoms with van der Waals surface area (Å²) in [6.07, 6.45) is 0.909. The number of nitrogens with two attached hydrogens (primary N) is 1. The zero-order valence-corrected chi connectivity index (χ0v) is 9.89. The monoisotopic (exact) mass is 234 g/mol. The van der Waals surface area contributed by atoms with Gasteiger partial charge >= 0.3 is 0 Å². The number of hydrogen-bond donors (Lipinski definition) is 1. The summed E-state index contributed by atoms with van der Waals surface area (Å²) in [4.78, 5) is 14.0. The molecule has 1 aromatic rings. The summed E-state index contributed by atoms with van der Waals surface area (Å²) >= 11 is 0. The molecule has 1 heterocycles. The van der Waals surface area contributed by atoms with Crippen LogP contribution in [-0.2, 0) is 11.3 Å². The molecule has 4 nitrogen and oxygen atoms in total.